The fourth-order valence-electron chi connectivity index (χ4n) is 1.15. The maximum Gasteiger partial charge on any atom is 0.220 e. The number of carbonyl (C=O) groups excluding carboxylic acids is 1. The fraction of sp³-hybridized carbons (Fsp3) is 0.455. The molecule has 1 rings (SSSR count). The molecule has 0 aliphatic carbocycles. The lowest BCUT2D eigenvalue weighted by Crippen LogP contribution is -2.25. The van der Waals surface area contributed by atoms with Crippen molar-refractivity contribution in [2.75, 3.05) is 0 Å². The Morgan fingerprint density at radius 1 is 1.53 bits per heavy atom. The zero-order chi connectivity index (χ0) is 11.1. The first-order valence-electron chi connectivity index (χ1n) is 5.09. The molecule has 6 heteroatoms. The van der Waals surface area contributed by atoms with E-state index in [1.54, 1.807) is 12.4 Å². The number of halogens is 2. The SMILES string of the molecule is CC(N)CCC(=O)NCc1cccnc1.Cl.Cl. The summed E-state index contributed by atoms with van der Waals surface area (Å²) in [5.74, 6) is 0.0381. The molecule has 17 heavy (non-hydrogen) atoms. The second-order valence-electron chi connectivity index (χ2n) is 3.65. The predicted octanol–water partition coefficient (Wildman–Crippen LogP) is 1.67. The van der Waals surface area contributed by atoms with Crippen LogP contribution in [0.2, 0.25) is 0 Å². The van der Waals surface area contributed by atoms with Crippen LogP contribution >= 0.6 is 24.8 Å². The van der Waals surface area contributed by atoms with E-state index in [-0.39, 0.29) is 36.8 Å². The molecule has 1 aromatic rings. The lowest BCUT2D eigenvalue weighted by atomic mass is 10.2. The summed E-state index contributed by atoms with van der Waals surface area (Å²) < 4.78 is 0. The Morgan fingerprint density at radius 3 is 2.76 bits per heavy atom. The smallest absolute Gasteiger partial charge is 0.220 e. The van der Waals surface area contributed by atoms with Crippen molar-refractivity contribution in [3.8, 4) is 0 Å². The summed E-state index contributed by atoms with van der Waals surface area (Å²) in [5, 5.41) is 2.82. The molecule has 1 amide bonds. The van der Waals surface area contributed by atoms with E-state index in [1.165, 1.54) is 0 Å². The van der Waals surface area contributed by atoms with Gasteiger partial charge in [0.2, 0.25) is 5.91 Å². The van der Waals surface area contributed by atoms with Crippen LogP contribution in [-0.4, -0.2) is 16.9 Å². The molecule has 1 unspecified atom stereocenters. The van der Waals surface area contributed by atoms with Gasteiger partial charge in [-0.05, 0) is 25.0 Å². The van der Waals surface area contributed by atoms with E-state index in [2.05, 4.69) is 10.3 Å². The molecule has 0 aliphatic heterocycles. The number of hydrogen-bond donors (Lipinski definition) is 2. The Balaban J connectivity index is 0. The van der Waals surface area contributed by atoms with Gasteiger partial charge in [-0.1, -0.05) is 6.07 Å². The van der Waals surface area contributed by atoms with Gasteiger partial charge in [0.1, 0.15) is 0 Å². The van der Waals surface area contributed by atoms with Gasteiger partial charge in [0.15, 0.2) is 0 Å². The van der Waals surface area contributed by atoms with Crippen LogP contribution in [0.15, 0.2) is 24.5 Å². The van der Waals surface area contributed by atoms with Crippen molar-refractivity contribution in [2.24, 2.45) is 5.73 Å². The average molecular weight is 280 g/mol. The standard InChI is InChI=1S/C11H17N3O.2ClH/c1-9(12)4-5-11(15)14-8-10-3-2-6-13-7-10;;/h2-3,6-7,9H,4-5,8,12H2,1H3,(H,14,15);2*1H. The molecule has 0 bridgehead atoms. The van der Waals surface area contributed by atoms with Gasteiger partial charge in [0.25, 0.3) is 0 Å². The van der Waals surface area contributed by atoms with Crippen LogP contribution in [0.4, 0.5) is 0 Å². The van der Waals surface area contributed by atoms with E-state index in [9.17, 15) is 4.79 Å². The molecule has 0 saturated carbocycles. The fourth-order valence-corrected chi connectivity index (χ4v) is 1.15. The van der Waals surface area contributed by atoms with E-state index in [0.29, 0.717) is 13.0 Å². The molecular weight excluding hydrogens is 261 g/mol. The minimum atomic E-state index is 0. The van der Waals surface area contributed by atoms with Crippen molar-refractivity contribution in [1.82, 2.24) is 10.3 Å². The third-order valence-electron chi connectivity index (χ3n) is 2.04. The highest BCUT2D eigenvalue weighted by atomic mass is 35.5. The number of nitrogens with one attached hydrogen (secondary N) is 1. The van der Waals surface area contributed by atoms with Crippen molar-refractivity contribution in [3.05, 3.63) is 30.1 Å². The van der Waals surface area contributed by atoms with E-state index < -0.39 is 0 Å². The van der Waals surface area contributed by atoms with Crippen LogP contribution in [0.5, 0.6) is 0 Å². The van der Waals surface area contributed by atoms with Gasteiger partial charge in [-0.25, -0.2) is 0 Å². The first kappa shape index (κ1) is 18.5. The first-order valence-corrected chi connectivity index (χ1v) is 5.09. The Hall–Kier alpha value is -0.840. The molecule has 0 fully saturated rings. The summed E-state index contributed by atoms with van der Waals surface area (Å²) in [7, 11) is 0. The van der Waals surface area contributed by atoms with Crippen molar-refractivity contribution in [1.29, 1.82) is 0 Å². The predicted molar refractivity (Wildman–Crippen MR) is 73.5 cm³/mol. The van der Waals surface area contributed by atoms with Gasteiger partial charge in [0, 0.05) is 31.4 Å². The number of amides is 1. The maximum atomic E-state index is 11.3. The third-order valence-corrected chi connectivity index (χ3v) is 2.04. The van der Waals surface area contributed by atoms with Gasteiger partial charge in [-0.15, -0.1) is 24.8 Å². The number of rotatable bonds is 5. The summed E-state index contributed by atoms with van der Waals surface area (Å²) >= 11 is 0. The molecule has 0 saturated heterocycles. The highest BCUT2D eigenvalue weighted by Crippen LogP contribution is 1.97. The molecule has 98 valence electrons. The number of pyridine rings is 1. The van der Waals surface area contributed by atoms with Crippen LogP contribution in [0.3, 0.4) is 0 Å². The van der Waals surface area contributed by atoms with Crippen LogP contribution in [0.25, 0.3) is 0 Å². The largest absolute Gasteiger partial charge is 0.352 e. The molecule has 1 aromatic heterocycles. The normalized spacial score (nSPS) is 10.7. The summed E-state index contributed by atoms with van der Waals surface area (Å²) in [6.45, 7) is 2.43. The van der Waals surface area contributed by atoms with Gasteiger partial charge < -0.3 is 11.1 Å². The topological polar surface area (TPSA) is 68.0 Å². The number of carbonyl (C=O) groups is 1. The van der Waals surface area contributed by atoms with Crippen molar-refractivity contribution in [3.63, 3.8) is 0 Å². The van der Waals surface area contributed by atoms with E-state index in [4.69, 9.17) is 5.73 Å². The van der Waals surface area contributed by atoms with Crippen molar-refractivity contribution in [2.45, 2.75) is 32.4 Å². The van der Waals surface area contributed by atoms with Crippen LogP contribution in [0.1, 0.15) is 25.3 Å². The summed E-state index contributed by atoms with van der Waals surface area (Å²) in [6.07, 6.45) is 4.66. The van der Waals surface area contributed by atoms with Gasteiger partial charge in [-0.2, -0.15) is 0 Å². The zero-order valence-electron chi connectivity index (χ0n) is 9.76. The number of nitrogens with zero attached hydrogens (tertiary/aromatic N) is 1. The number of hydrogen-bond acceptors (Lipinski definition) is 3. The monoisotopic (exact) mass is 279 g/mol. The lowest BCUT2D eigenvalue weighted by molar-refractivity contribution is -0.121. The average Bonchev–Trinajstić information content (AvgIpc) is 2.25. The van der Waals surface area contributed by atoms with E-state index >= 15 is 0 Å². The molecule has 4 nitrogen and oxygen atoms in total. The lowest BCUT2D eigenvalue weighted by Gasteiger charge is -2.06. The van der Waals surface area contributed by atoms with Crippen molar-refractivity contribution >= 4 is 30.7 Å². The first-order chi connectivity index (χ1) is 7.18. The van der Waals surface area contributed by atoms with Gasteiger partial charge in [-0.3, -0.25) is 9.78 Å². The second kappa shape index (κ2) is 10.3. The van der Waals surface area contributed by atoms with Crippen molar-refractivity contribution < 1.29 is 4.79 Å². The molecule has 0 aromatic carbocycles. The Morgan fingerprint density at radius 2 is 2.24 bits per heavy atom. The van der Waals surface area contributed by atoms with Crippen LogP contribution < -0.4 is 11.1 Å². The second-order valence-corrected chi connectivity index (χ2v) is 3.65. The Kier molecular flexibility index (Phi) is 11.2. The maximum absolute atomic E-state index is 11.3. The van der Waals surface area contributed by atoms with E-state index in [1.807, 2.05) is 19.1 Å². The summed E-state index contributed by atoms with van der Waals surface area (Å²) in [5.41, 5.74) is 6.56. The van der Waals surface area contributed by atoms with E-state index in [0.717, 1.165) is 12.0 Å². The molecular formula is C11H19Cl2N3O. The van der Waals surface area contributed by atoms with Crippen LogP contribution in [0, 0.1) is 0 Å². The Labute approximate surface area is 114 Å². The highest BCUT2D eigenvalue weighted by Gasteiger charge is 2.02. The molecule has 0 aliphatic rings. The Bertz CT molecular complexity index is 307. The minimum absolute atomic E-state index is 0. The summed E-state index contributed by atoms with van der Waals surface area (Å²) in [4.78, 5) is 15.3. The quantitative estimate of drug-likeness (QED) is 0.862. The van der Waals surface area contributed by atoms with Crippen LogP contribution in [-0.2, 0) is 11.3 Å². The van der Waals surface area contributed by atoms with Gasteiger partial charge in [0.05, 0.1) is 0 Å². The zero-order valence-corrected chi connectivity index (χ0v) is 11.4. The highest BCUT2D eigenvalue weighted by molar-refractivity contribution is 5.85. The molecule has 1 heterocycles. The molecule has 0 radical (unpaired) electrons. The summed E-state index contributed by atoms with van der Waals surface area (Å²) in [6, 6.07) is 3.86. The third kappa shape index (κ3) is 8.92. The minimum Gasteiger partial charge on any atom is -0.352 e. The van der Waals surface area contributed by atoms with Gasteiger partial charge >= 0.3 is 0 Å². The molecule has 1 atom stereocenters. The molecule has 0 spiro atoms. The number of aromatic nitrogens is 1. The molecule has 3 N–H and O–H groups in total. The number of nitrogens with two attached hydrogens (primary N) is 1.